The van der Waals surface area contributed by atoms with Crippen LogP contribution >= 0.6 is 0 Å². The Hall–Kier alpha value is -1.90. The van der Waals surface area contributed by atoms with E-state index in [1.54, 1.807) is 6.20 Å². The molecule has 1 aromatic heterocycles. The van der Waals surface area contributed by atoms with Crippen LogP contribution in [0.25, 0.3) is 5.57 Å². The maximum atomic E-state index is 10.7. The first-order valence-corrected chi connectivity index (χ1v) is 4.27. The van der Waals surface area contributed by atoms with Crippen molar-refractivity contribution in [3.05, 3.63) is 59.3 Å². The molecule has 0 aliphatic rings. The van der Waals surface area contributed by atoms with E-state index < -0.39 is 0 Å². The van der Waals surface area contributed by atoms with Gasteiger partial charge in [0.25, 0.3) is 0 Å². The molecule has 3 heteroatoms. The molecule has 0 fully saturated rings. The fourth-order valence-electron chi connectivity index (χ4n) is 0.897. The topological polar surface area (TPSA) is 45.8 Å². The molecule has 0 spiro atoms. The Morgan fingerprint density at radius 2 is 2.36 bits per heavy atom. The van der Waals surface area contributed by atoms with Gasteiger partial charge < -0.3 is 4.98 Å². The highest BCUT2D eigenvalue weighted by Gasteiger charge is 1.94. The van der Waals surface area contributed by atoms with Crippen molar-refractivity contribution in [1.29, 1.82) is 0 Å². The van der Waals surface area contributed by atoms with Gasteiger partial charge in [-0.1, -0.05) is 30.9 Å². The summed E-state index contributed by atoms with van der Waals surface area (Å²) in [6, 6.07) is 0. The number of hydrogen-bond acceptors (Lipinski definition) is 2. The highest BCUT2D eigenvalue weighted by atomic mass is 16.1. The maximum Gasteiger partial charge on any atom is 0.344 e. The van der Waals surface area contributed by atoms with Crippen LogP contribution in [0.15, 0.2) is 48.1 Å². The molecular weight excluding hydrogens is 176 g/mol. The third kappa shape index (κ3) is 2.86. The van der Waals surface area contributed by atoms with Gasteiger partial charge >= 0.3 is 5.69 Å². The zero-order chi connectivity index (χ0) is 10.4. The molecule has 0 aromatic carbocycles. The van der Waals surface area contributed by atoms with Gasteiger partial charge in [-0.3, -0.25) is 0 Å². The molecule has 0 amide bonds. The third-order valence-corrected chi connectivity index (χ3v) is 1.64. The van der Waals surface area contributed by atoms with Gasteiger partial charge in [0.15, 0.2) is 0 Å². The van der Waals surface area contributed by atoms with E-state index in [1.165, 1.54) is 6.20 Å². The fourth-order valence-corrected chi connectivity index (χ4v) is 0.897. The van der Waals surface area contributed by atoms with E-state index in [2.05, 4.69) is 16.5 Å². The van der Waals surface area contributed by atoms with E-state index in [1.807, 2.05) is 31.2 Å². The lowest BCUT2D eigenvalue weighted by Gasteiger charge is -1.96. The first-order valence-electron chi connectivity index (χ1n) is 4.27. The molecule has 0 unspecified atom stereocenters. The number of hydrogen-bond donors (Lipinski definition) is 1. The van der Waals surface area contributed by atoms with Crippen molar-refractivity contribution in [3.63, 3.8) is 0 Å². The van der Waals surface area contributed by atoms with Crippen LogP contribution in [0.2, 0.25) is 0 Å². The Morgan fingerprint density at radius 3 is 2.93 bits per heavy atom. The molecule has 0 bridgehead atoms. The Labute approximate surface area is 82.5 Å². The lowest BCUT2D eigenvalue weighted by molar-refractivity contribution is 1.07. The van der Waals surface area contributed by atoms with Crippen LogP contribution in [-0.4, -0.2) is 9.97 Å². The average molecular weight is 188 g/mol. The molecule has 0 aliphatic carbocycles. The van der Waals surface area contributed by atoms with E-state index in [9.17, 15) is 4.79 Å². The van der Waals surface area contributed by atoms with Gasteiger partial charge in [-0.25, -0.2) is 9.78 Å². The van der Waals surface area contributed by atoms with Gasteiger partial charge in [0.2, 0.25) is 0 Å². The zero-order valence-electron chi connectivity index (χ0n) is 8.03. The molecule has 72 valence electrons. The van der Waals surface area contributed by atoms with Gasteiger partial charge in [-0.05, 0) is 12.5 Å². The Kier molecular flexibility index (Phi) is 3.61. The molecule has 0 saturated heterocycles. The highest BCUT2D eigenvalue weighted by molar-refractivity contribution is 5.71. The Balaban J connectivity index is 2.80. The van der Waals surface area contributed by atoms with E-state index in [4.69, 9.17) is 0 Å². The summed E-state index contributed by atoms with van der Waals surface area (Å²) in [5.74, 6) is 0. The van der Waals surface area contributed by atoms with Gasteiger partial charge in [0.1, 0.15) is 0 Å². The van der Waals surface area contributed by atoms with Gasteiger partial charge in [0, 0.05) is 18.0 Å². The minimum atomic E-state index is -0.348. The van der Waals surface area contributed by atoms with Crippen LogP contribution < -0.4 is 5.69 Å². The number of nitrogens with zero attached hydrogens (tertiary/aromatic N) is 1. The predicted molar refractivity (Wildman–Crippen MR) is 57.8 cm³/mol. The van der Waals surface area contributed by atoms with Gasteiger partial charge in [0.05, 0.1) is 0 Å². The lowest BCUT2D eigenvalue weighted by atomic mass is 10.1. The van der Waals surface area contributed by atoms with Crippen molar-refractivity contribution in [2.75, 3.05) is 0 Å². The first-order chi connectivity index (χ1) is 6.74. The van der Waals surface area contributed by atoms with Crippen molar-refractivity contribution in [3.8, 4) is 0 Å². The molecule has 3 nitrogen and oxygen atoms in total. The number of aromatic amines is 1. The molecule has 1 aromatic rings. The summed E-state index contributed by atoms with van der Waals surface area (Å²) in [6.07, 6.45) is 10.7. The number of nitrogens with one attached hydrogen (secondary N) is 1. The molecule has 1 heterocycles. The normalized spacial score (nSPS) is 11.2. The minimum Gasteiger partial charge on any atom is -0.312 e. The smallest absolute Gasteiger partial charge is 0.312 e. The molecule has 14 heavy (non-hydrogen) atoms. The fraction of sp³-hybridized carbons (Fsp3) is 0.0909. The summed E-state index contributed by atoms with van der Waals surface area (Å²) in [5.41, 5.74) is 1.27. The molecule has 0 saturated carbocycles. The van der Waals surface area contributed by atoms with E-state index in [-0.39, 0.29) is 5.69 Å². The van der Waals surface area contributed by atoms with E-state index >= 15 is 0 Å². The lowest BCUT2D eigenvalue weighted by Crippen LogP contribution is -2.08. The summed E-state index contributed by atoms with van der Waals surface area (Å²) in [4.78, 5) is 16.8. The van der Waals surface area contributed by atoms with E-state index in [0.717, 1.165) is 11.1 Å². The highest BCUT2D eigenvalue weighted by Crippen LogP contribution is 2.09. The largest absolute Gasteiger partial charge is 0.344 e. The zero-order valence-corrected chi connectivity index (χ0v) is 8.03. The standard InChI is InChI=1S/C11H12N2O/c1-3-4-5-6-9(2)10-7-12-11(14)13-8-10/h3-8H,2H2,1H3,(H,12,13,14)/b4-3-,6-5-. The number of H-pyrrole nitrogens is 1. The SMILES string of the molecule is C=C(/C=C\C=C/C)c1cnc(=O)[nH]c1. The summed E-state index contributed by atoms with van der Waals surface area (Å²) < 4.78 is 0. The van der Waals surface area contributed by atoms with E-state index in [0.29, 0.717) is 0 Å². The first kappa shape index (κ1) is 10.2. The number of aromatic nitrogens is 2. The quantitative estimate of drug-likeness (QED) is 0.736. The van der Waals surface area contributed by atoms with Crippen molar-refractivity contribution >= 4 is 5.57 Å². The average Bonchev–Trinajstić information content (AvgIpc) is 2.19. The van der Waals surface area contributed by atoms with Crippen LogP contribution in [0, 0.1) is 0 Å². The van der Waals surface area contributed by atoms with Crippen molar-refractivity contribution in [2.24, 2.45) is 0 Å². The van der Waals surface area contributed by atoms with Crippen LogP contribution in [-0.2, 0) is 0 Å². The number of allylic oxidation sites excluding steroid dienone is 5. The van der Waals surface area contributed by atoms with Gasteiger partial charge in [-0.2, -0.15) is 0 Å². The monoisotopic (exact) mass is 188 g/mol. The molecule has 0 atom stereocenters. The molecular formula is C11H12N2O. The van der Waals surface area contributed by atoms with Crippen molar-refractivity contribution in [2.45, 2.75) is 6.92 Å². The van der Waals surface area contributed by atoms with Crippen LogP contribution in [0.3, 0.4) is 0 Å². The molecule has 1 N–H and O–H groups in total. The summed E-state index contributed by atoms with van der Waals surface area (Å²) in [7, 11) is 0. The third-order valence-electron chi connectivity index (χ3n) is 1.64. The second kappa shape index (κ2) is 4.97. The second-order valence-corrected chi connectivity index (χ2v) is 2.72. The summed E-state index contributed by atoms with van der Waals surface area (Å²) in [6.45, 7) is 5.78. The summed E-state index contributed by atoms with van der Waals surface area (Å²) >= 11 is 0. The second-order valence-electron chi connectivity index (χ2n) is 2.72. The predicted octanol–water partition coefficient (Wildman–Crippen LogP) is 1.92. The molecule has 0 aliphatic heterocycles. The Morgan fingerprint density at radius 1 is 1.57 bits per heavy atom. The molecule has 0 radical (unpaired) electrons. The Bertz CT molecular complexity index is 407. The van der Waals surface area contributed by atoms with Crippen LogP contribution in [0.1, 0.15) is 12.5 Å². The minimum absolute atomic E-state index is 0.348. The molecule has 1 rings (SSSR count). The number of rotatable bonds is 3. The van der Waals surface area contributed by atoms with Crippen molar-refractivity contribution < 1.29 is 0 Å². The van der Waals surface area contributed by atoms with Crippen LogP contribution in [0.4, 0.5) is 0 Å². The van der Waals surface area contributed by atoms with Crippen LogP contribution in [0.5, 0.6) is 0 Å². The summed E-state index contributed by atoms with van der Waals surface area (Å²) in [5, 5.41) is 0. The maximum absolute atomic E-state index is 10.7. The van der Waals surface area contributed by atoms with Gasteiger partial charge in [-0.15, -0.1) is 0 Å². The van der Waals surface area contributed by atoms with Crippen molar-refractivity contribution in [1.82, 2.24) is 9.97 Å².